The first-order chi connectivity index (χ1) is 10.3. The van der Waals surface area contributed by atoms with Crippen LogP contribution in [0.5, 0.6) is 5.75 Å². The number of para-hydroxylation sites is 1. The molecule has 1 aromatic rings. The third kappa shape index (κ3) is 2.91. The summed E-state index contributed by atoms with van der Waals surface area (Å²) in [5.41, 5.74) is 1.15. The van der Waals surface area contributed by atoms with Gasteiger partial charge < -0.3 is 15.0 Å². The Kier molecular flexibility index (Phi) is 4.44. The minimum absolute atomic E-state index is 0.184. The van der Waals surface area contributed by atoms with E-state index in [0.717, 1.165) is 56.6 Å². The molecule has 1 aromatic carbocycles. The second-order valence-electron chi connectivity index (χ2n) is 5.96. The second kappa shape index (κ2) is 6.48. The Morgan fingerprint density at radius 1 is 1.24 bits per heavy atom. The van der Waals surface area contributed by atoms with Gasteiger partial charge in [0.05, 0.1) is 13.2 Å². The van der Waals surface area contributed by atoms with Crippen LogP contribution in [0.1, 0.15) is 37.3 Å². The molecule has 4 heteroatoms. The van der Waals surface area contributed by atoms with Gasteiger partial charge in [-0.2, -0.15) is 0 Å². The summed E-state index contributed by atoms with van der Waals surface area (Å²) in [5.74, 6) is 1.43. The summed E-state index contributed by atoms with van der Waals surface area (Å²) in [5, 5.41) is 3.33. The van der Waals surface area contributed by atoms with Gasteiger partial charge in [0, 0.05) is 18.0 Å². The lowest BCUT2D eigenvalue weighted by atomic mass is 9.95. The first-order valence-electron chi connectivity index (χ1n) is 7.95. The van der Waals surface area contributed by atoms with Crippen LogP contribution in [0.4, 0.5) is 0 Å². The molecule has 1 N–H and O–H groups in total. The molecule has 0 unspecified atom stereocenters. The lowest BCUT2D eigenvalue weighted by molar-refractivity contribution is -0.137. The van der Waals surface area contributed by atoms with E-state index >= 15 is 0 Å². The van der Waals surface area contributed by atoms with Crippen molar-refractivity contribution in [2.24, 2.45) is 5.92 Å². The average Bonchev–Trinajstić information content (AvgIpc) is 3.04. The third-order valence-electron chi connectivity index (χ3n) is 4.72. The summed E-state index contributed by atoms with van der Waals surface area (Å²) in [6.45, 7) is 2.80. The monoisotopic (exact) mass is 288 g/mol. The van der Waals surface area contributed by atoms with Gasteiger partial charge in [-0.1, -0.05) is 18.2 Å². The highest BCUT2D eigenvalue weighted by Crippen LogP contribution is 2.38. The number of amides is 1. The van der Waals surface area contributed by atoms with Crippen LogP contribution < -0.4 is 10.1 Å². The number of likely N-dealkylation sites (tertiary alicyclic amines) is 1. The van der Waals surface area contributed by atoms with E-state index in [1.807, 2.05) is 18.2 Å². The van der Waals surface area contributed by atoms with Crippen LogP contribution in [0.3, 0.4) is 0 Å². The van der Waals surface area contributed by atoms with Crippen molar-refractivity contribution in [3.05, 3.63) is 29.8 Å². The topological polar surface area (TPSA) is 41.6 Å². The second-order valence-corrected chi connectivity index (χ2v) is 5.96. The van der Waals surface area contributed by atoms with Gasteiger partial charge in [0.2, 0.25) is 5.91 Å². The van der Waals surface area contributed by atoms with Crippen molar-refractivity contribution in [2.45, 2.75) is 31.7 Å². The van der Waals surface area contributed by atoms with Crippen molar-refractivity contribution in [1.29, 1.82) is 0 Å². The molecule has 0 bridgehead atoms. The van der Waals surface area contributed by atoms with Gasteiger partial charge in [0.15, 0.2) is 0 Å². The number of rotatable bonds is 3. The molecule has 114 valence electrons. The van der Waals surface area contributed by atoms with E-state index in [1.165, 1.54) is 0 Å². The van der Waals surface area contributed by atoms with Crippen LogP contribution in [0.25, 0.3) is 0 Å². The van der Waals surface area contributed by atoms with Crippen molar-refractivity contribution in [3.63, 3.8) is 0 Å². The minimum Gasteiger partial charge on any atom is -0.496 e. The SMILES string of the molecule is COc1ccccc1[C@@H]1CCCN1C(=O)C1CCNCC1. The molecule has 0 spiro atoms. The number of nitrogens with zero attached hydrogens (tertiary/aromatic N) is 1. The van der Waals surface area contributed by atoms with Gasteiger partial charge in [0.25, 0.3) is 0 Å². The standard InChI is InChI=1S/C17H24N2O2/c1-21-16-7-3-2-5-14(16)15-6-4-12-19(15)17(20)13-8-10-18-11-9-13/h2-3,5,7,13,15,18H,4,6,8-12H2,1H3/t15-/m0/s1. The summed E-state index contributed by atoms with van der Waals surface area (Å²) >= 11 is 0. The quantitative estimate of drug-likeness (QED) is 0.928. The fourth-order valence-corrected chi connectivity index (χ4v) is 3.60. The first kappa shape index (κ1) is 14.4. The summed E-state index contributed by atoms with van der Waals surface area (Å²) < 4.78 is 5.48. The molecule has 2 aliphatic rings. The maximum absolute atomic E-state index is 12.8. The number of carbonyl (C=O) groups is 1. The Bertz CT molecular complexity index is 497. The van der Waals surface area contributed by atoms with E-state index in [-0.39, 0.29) is 12.0 Å². The lowest BCUT2D eigenvalue weighted by Gasteiger charge is -2.31. The number of nitrogens with one attached hydrogen (secondary N) is 1. The van der Waals surface area contributed by atoms with E-state index < -0.39 is 0 Å². The van der Waals surface area contributed by atoms with Gasteiger partial charge in [-0.3, -0.25) is 4.79 Å². The summed E-state index contributed by atoms with van der Waals surface area (Å²) in [4.78, 5) is 14.9. The van der Waals surface area contributed by atoms with Crippen molar-refractivity contribution < 1.29 is 9.53 Å². The molecule has 2 saturated heterocycles. The van der Waals surface area contributed by atoms with E-state index in [9.17, 15) is 4.79 Å². The number of carbonyl (C=O) groups excluding carboxylic acids is 1. The maximum atomic E-state index is 12.8. The van der Waals surface area contributed by atoms with Crippen molar-refractivity contribution in [1.82, 2.24) is 10.2 Å². The zero-order valence-electron chi connectivity index (χ0n) is 12.7. The fraction of sp³-hybridized carbons (Fsp3) is 0.588. The van der Waals surface area contributed by atoms with E-state index in [1.54, 1.807) is 7.11 Å². The predicted molar refractivity (Wildman–Crippen MR) is 82.3 cm³/mol. The highest BCUT2D eigenvalue weighted by atomic mass is 16.5. The van der Waals surface area contributed by atoms with Crippen LogP contribution in [-0.2, 0) is 4.79 Å². The van der Waals surface area contributed by atoms with Crippen molar-refractivity contribution >= 4 is 5.91 Å². The number of ether oxygens (including phenoxy) is 1. The molecule has 0 aromatic heterocycles. The Labute approximate surface area is 126 Å². The molecule has 0 saturated carbocycles. The van der Waals surface area contributed by atoms with Gasteiger partial charge in [-0.25, -0.2) is 0 Å². The Morgan fingerprint density at radius 2 is 2.00 bits per heavy atom. The Hall–Kier alpha value is -1.55. The van der Waals surface area contributed by atoms with Gasteiger partial charge >= 0.3 is 0 Å². The molecule has 4 nitrogen and oxygen atoms in total. The highest BCUT2D eigenvalue weighted by molar-refractivity contribution is 5.80. The van der Waals surface area contributed by atoms with Crippen molar-refractivity contribution in [2.75, 3.05) is 26.7 Å². The zero-order valence-corrected chi connectivity index (χ0v) is 12.7. The number of hydrogen-bond donors (Lipinski definition) is 1. The molecule has 0 radical (unpaired) electrons. The Morgan fingerprint density at radius 3 is 2.76 bits per heavy atom. The molecule has 2 heterocycles. The van der Waals surface area contributed by atoms with Crippen molar-refractivity contribution in [3.8, 4) is 5.75 Å². The molecular weight excluding hydrogens is 264 g/mol. The van der Waals surface area contributed by atoms with Crippen LogP contribution in [0, 0.1) is 5.92 Å². The summed E-state index contributed by atoms with van der Waals surface area (Å²) in [6.07, 6.45) is 4.05. The van der Waals surface area contributed by atoms with Gasteiger partial charge in [0.1, 0.15) is 5.75 Å². The number of piperidine rings is 1. The van der Waals surface area contributed by atoms with Gasteiger partial charge in [-0.15, -0.1) is 0 Å². The molecule has 3 rings (SSSR count). The van der Waals surface area contributed by atoms with Crippen LogP contribution >= 0.6 is 0 Å². The smallest absolute Gasteiger partial charge is 0.226 e. The zero-order chi connectivity index (χ0) is 14.7. The van der Waals surface area contributed by atoms with Crippen LogP contribution in [-0.4, -0.2) is 37.6 Å². The predicted octanol–water partition coefficient (Wildman–Crippen LogP) is 2.36. The fourth-order valence-electron chi connectivity index (χ4n) is 3.60. The molecule has 1 atom stereocenters. The van der Waals surface area contributed by atoms with Crippen LogP contribution in [0.2, 0.25) is 0 Å². The molecule has 2 aliphatic heterocycles. The normalized spacial score (nSPS) is 23.3. The van der Waals surface area contributed by atoms with Crippen LogP contribution in [0.15, 0.2) is 24.3 Å². The number of hydrogen-bond acceptors (Lipinski definition) is 3. The summed E-state index contributed by atoms with van der Waals surface area (Å²) in [6, 6.07) is 8.28. The minimum atomic E-state index is 0.184. The lowest BCUT2D eigenvalue weighted by Crippen LogP contribution is -2.40. The molecule has 2 fully saturated rings. The van der Waals surface area contributed by atoms with Gasteiger partial charge in [-0.05, 0) is 44.8 Å². The first-order valence-corrected chi connectivity index (χ1v) is 7.95. The largest absolute Gasteiger partial charge is 0.496 e. The molecule has 21 heavy (non-hydrogen) atoms. The summed E-state index contributed by atoms with van der Waals surface area (Å²) in [7, 11) is 1.70. The highest BCUT2D eigenvalue weighted by Gasteiger charge is 2.35. The average molecular weight is 288 g/mol. The Balaban J connectivity index is 1.80. The molecular formula is C17H24N2O2. The third-order valence-corrected chi connectivity index (χ3v) is 4.72. The molecule has 0 aliphatic carbocycles. The molecule has 1 amide bonds. The van der Waals surface area contributed by atoms with E-state index in [0.29, 0.717) is 5.91 Å². The number of benzene rings is 1. The maximum Gasteiger partial charge on any atom is 0.226 e. The number of methoxy groups -OCH3 is 1. The van der Waals surface area contributed by atoms with E-state index in [2.05, 4.69) is 16.3 Å². The van der Waals surface area contributed by atoms with E-state index in [4.69, 9.17) is 4.74 Å².